The monoisotopic (exact) mass is 442 g/mol. The van der Waals surface area contributed by atoms with Crippen molar-refractivity contribution in [2.45, 2.75) is 25.5 Å². The van der Waals surface area contributed by atoms with E-state index in [2.05, 4.69) is 40.5 Å². The molecule has 6 nitrogen and oxygen atoms in total. The summed E-state index contributed by atoms with van der Waals surface area (Å²) in [7, 11) is -3.33. The Kier molecular flexibility index (Phi) is 6.46. The highest BCUT2D eigenvalue weighted by atomic mass is 32.2. The van der Waals surface area contributed by atoms with Crippen LogP contribution in [0.15, 0.2) is 54.6 Å². The van der Waals surface area contributed by atoms with Crippen LogP contribution in [0.4, 0.5) is 5.13 Å². The fraction of sp³-hybridized carbons (Fsp3) is 0.364. The molecule has 0 atom stereocenters. The molecule has 1 aliphatic rings. The molecule has 3 aromatic rings. The minimum Gasteiger partial charge on any atom is -0.345 e. The molecule has 8 heteroatoms. The van der Waals surface area contributed by atoms with Crippen molar-refractivity contribution in [2.75, 3.05) is 31.1 Å². The zero-order chi connectivity index (χ0) is 21.0. The van der Waals surface area contributed by atoms with Crippen LogP contribution in [-0.4, -0.2) is 48.3 Å². The van der Waals surface area contributed by atoms with E-state index in [0.717, 1.165) is 29.5 Å². The van der Waals surface area contributed by atoms with Gasteiger partial charge in [0.25, 0.3) is 0 Å². The molecule has 0 unspecified atom stereocenters. The van der Waals surface area contributed by atoms with Gasteiger partial charge in [0.15, 0.2) is 0 Å². The number of benzene rings is 2. The largest absolute Gasteiger partial charge is 0.345 e. The molecular formula is C22H26N4O2S2. The van der Waals surface area contributed by atoms with Gasteiger partial charge >= 0.3 is 0 Å². The van der Waals surface area contributed by atoms with Gasteiger partial charge in [0.05, 0.1) is 5.75 Å². The maximum Gasteiger partial charge on any atom is 0.218 e. The van der Waals surface area contributed by atoms with Gasteiger partial charge in [-0.15, -0.1) is 0 Å². The Bertz CT molecular complexity index is 1070. The second-order valence-corrected chi connectivity index (χ2v) is 10.3. The lowest BCUT2D eigenvalue weighted by Gasteiger charge is -2.21. The molecule has 0 radical (unpaired) electrons. The highest BCUT2D eigenvalue weighted by Gasteiger charge is 2.26. The molecule has 1 aliphatic heterocycles. The number of aromatic nitrogens is 2. The van der Waals surface area contributed by atoms with E-state index in [1.807, 2.05) is 30.3 Å². The Balaban J connectivity index is 1.38. The van der Waals surface area contributed by atoms with Gasteiger partial charge in [0, 0.05) is 44.1 Å². The lowest BCUT2D eigenvalue weighted by Crippen LogP contribution is -2.36. The molecule has 1 fully saturated rings. The van der Waals surface area contributed by atoms with Crippen molar-refractivity contribution in [3.63, 3.8) is 0 Å². The Morgan fingerprint density at radius 3 is 2.47 bits per heavy atom. The number of rotatable bonds is 6. The summed E-state index contributed by atoms with van der Waals surface area (Å²) in [5.41, 5.74) is 3.25. The quantitative estimate of drug-likeness (QED) is 0.585. The van der Waals surface area contributed by atoms with E-state index >= 15 is 0 Å². The van der Waals surface area contributed by atoms with Crippen molar-refractivity contribution in [3.05, 3.63) is 77.1 Å². The molecule has 0 spiro atoms. The molecule has 4 rings (SSSR count). The van der Waals surface area contributed by atoms with E-state index in [9.17, 15) is 8.42 Å². The Morgan fingerprint density at radius 2 is 1.70 bits per heavy atom. The fourth-order valence-electron chi connectivity index (χ4n) is 3.57. The predicted octanol–water partition coefficient (Wildman–Crippen LogP) is 3.48. The molecule has 1 aromatic heterocycles. The van der Waals surface area contributed by atoms with Crippen LogP contribution in [0.2, 0.25) is 0 Å². The van der Waals surface area contributed by atoms with Gasteiger partial charge in [-0.3, -0.25) is 0 Å². The van der Waals surface area contributed by atoms with Crippen LogP contribution in [0, 0.1) is 6.92 Å². The van der Waals surface area contributed by atoms with Gasteiger partial charge < -0.3 is 4.90 Å². The second-order valence-electron chi connectivity index (χ2n) is 7.64. The summed E-state index contributed by atoms with van der Waals surface area (Å²) < 4.78 is 31.9. The summed E-state index contributed by atoms with van der Waals surface area (Å²) >= 11 is 1.40. The van der Waals surface area contributed by atoms with Crippen LogP contribution in [0.3, 0.4) is 0 Å². The Labute approximate surface area is 182 Å². The van der Waals surface area contributed by atoms with Crippen molar-refractivity contribution in [3.8, 4) is 0 Å². The molecule has 0 saturated carbocycles. The van der Waals surface area contributed by atoms with E-state index < -0.39 is 10.0 Å². The van der Waals surface area contributed by atoms with E-state index in [0.29, 0.717) is 26.1 Å². The number of sulfonamides is 1. The van der Waals surface area contributed by atoms with Crippen molar-refractivity contribution >= 4 is 26.7 Å². The minimum absolute atomic E-state index is 0.0490. The first kappa shape index (κ1) is 21.0. The number of nitrogens with zero attached hydrogens (tertiary/aromatic N) is 4. The number of hydrogen-bond donors (Lipinski definition) is 0. The van der Waals surface area contributed by atoms with Crippen molar-refractivity contribution < 1.29 is 8.42 Å². The normalized spacial score (nSPS) is 15.8. The van der Waals surface area contributed by atoms with Gasteiger partial charge in [-0.2, -0.15) is 8.68 Å². The standard InChI is InChI=1S/C22H26N4O2S2/c1-18-8-10-19(11-9-18)16-21-23-22(29-24-21)25-12-5-13-26(15-14-25)30(27,28)17-20-6-3-2-4-7-20/h2-4,6-11H,5,12-17H2,1H3. The summed E-state index contributed by atoms with van der Waals surface area (Å²) in [5.74, 6) is 0.865. The minimum atomic E-state index is -3.33. The maximum atomic E-state index is 12.9. The van der Waals surface area contributed by atoms with Crippen LogP contribution in [0.5, 0.6) is 0 Å². The Hall–Kier alpha value is -2.29. The number of anilines is 1. The van der Waals surface area contributed by atoms with Crippen molar-refractivity contribution in [1.29, 1.82) is 0 Å². The van der Waals surface area contributed by atoms with E-state index in [-0.39, 0.29) is 5.75 Å². The van der Waals surface area contributed by atoms with Crippen LogP contribution < -0.4 is 4.90 Å². The average molecular weight is 443 g/mol. The molecule has 1 saturated heterocycles. The third-order valence-corrected chi connectivity index (χ3v) is 7.92. The zero-order valence-corrected chi connectivity index (χ0v) is 18.7. The third-order valence-electron chi connectivity index (χ3n) is 5.25. The topological polar surface area (TPSA) is 66.4 Å². The fourth-order valence-corrected chi connectivity index (χ4v) is 5.87. The summed E-state index contributed by atoms with van der Waals surface area (Å²) in [4.78, 5) is 6.87. The van der Waals surface area contributed by atoms with Crippen LogP contribution in [-0.2, 0) is 22.2 Å². The highest BCUT2D eigenvalue weighted by Crippen LogP contribution is 2.22. The van der Waals surface area contributed by atoms with E-state index in [1.165, 1.54) is 22.7 Å². The third kappa shape index (κ3) is 5.24. The smallest absolute Gasteiger partial charge is 0.218 e. The number of hydrogen-bond acceptors (Lipinski definition) is 6. The summed E-state index contributed by atoms with van der Waals surface area (Å²) in [6.45, 7) is 4.51. The van der Waals surface area contributed by atoms with E-state index in [1.54, 1.807) is 4.31 Å². The first-order valence-electron chi connectivity index (χ1n) is 10.1. The van der Waals surface area contributed by atoms with Crippen LogP contribution in [0.25, 0.3) is 0 Å². The SMILES string of the molecule is Cc1ccc(Cc2nsc(N3CCCN(S(=O)(=O)Cc4ccccc4)CC3)n2)cc1. The lowest BCUT2D eigenvalue weighted by atomic mass is 10.1. The van der Waals surface area contributed by atoms with Gasteiger partial charge in [0.1, 0.15) is 5.82 Å². The highest BCUT2D eigenvalue weighted by molar-refractivity contribution is 7.88. The van der Waals surface area contributed by atoms with Gasteiger partial charge in [0.2, 0.25) is 15.2 Å². The predicted molar refractivity (Wildman–Crippen MR) is 121 cm³/mol. The zero-order valence-electron chi connectivity index (χ0n) is 17.1. The van der Waals surface area contributed by atoms with Crippen molar-refractivity contribution in [2.24, 2.45) is 0 Å². The van der Waals surface area contributed by atoms with Gasteiger partial charge in [-0.25, -0.2) is 13.4 Å². The average Bonchev–Trinajstić information content (AvgIpc) is 3.04. The molecule has 2 aromatic carbocycles. The van der Waals surface area contributed by atoms with Gasteiger partial charge in [-0.05, 0) is 24.5 Å². The molecule has 2 heterocycles. The maximum absolute atomic E-state index is 12.9. The summed E-state index contributed by atoms with van der Waals surface area (Å²) in [6, 6.07) is 17.8. The number of aryl methyl sites for hydroxylation is 1. The molecule has 0 bridgehead atoms. The first-order valence-corrected chi connectivity index (χ1v) is 12.5. The molecule has 0 amide bonds. The van der Waals surface area contributed by atoms with Crippen molar-refractivity contribution in [1.82, 2.24) is 13.7 Å². The van der Waals surface area contributed by atoms with Crippen LogP contribution >= 0.6 is 11.5 Å². The lowest BCUT2D eigenvalue weighted by molar-refractivity contribution is 0.432. The first-order chi connectivity index (χ1) is 14.5. The summed E-state index contributed by atoms with van der Waals surface area (Å²) in [5, 5.41) is 0.874. The second kappa shape index (κ2) is 9.24. The molecule has 0 aliphatic carbocycles. The van der Waals surface area contributed by atoms with E-state index in [4.69, 9.17) is 4.98 Å². The Morgan fingerprint density at radius 1 is 0.933 bits per heavy atom. The molecule has 0 N–H and O–H groups in total. The summed E-state index contributed by atoms with van der Waals surface area (Å²) in [6.07, 6.45) is 1.49. The van der Waals surface area contributed by atoms with Crippen LogP contribution in [0.1, 0.15) is 28.9 Å². The van der Waals surface area contributed by atoms with Gasteiger partial charge in [-0.1, -0.05) is 60.2 Å². The molecule has 30 heavy (non-hydrogen) atoms. The molecule has 158 valence electrons. The molecular weight excluding hydrogens is 416 g/mol.